The van der Waals surface area contributed by atoms with E-state index in [2.05, 4.69) is 32.4 Å². The van der Waals surface area contributed by atoms with Crippen LogP contribution in [0, 0.1) is 11.2 Å². The number of alkyl halides is 2. The van der Waals surface area contributed by atoms with Gasteiger partial charge in [-0.05, 0) is 57.9 Å². The number of nitrogens with zero attached hydrogens (tertiary/aromatic N) is 6. The van der Waals surface area contributed by atoms with Gasteiger partial charge in [0.15, 0.2) is 5.82 Å². The number of rotatable bonds is 9. The summed E-state index contributed by atoms with van der Waals surface area (Å²) in [6.45, 7) is 6.89. The summed E-state index contributed by atoms with van der Waals surface area (Å²) in [5.41, 5.74) is 2.12. The van der Waals surface area contributed by atoms with Crippen LogP contribution in [-0.4, -0.2) is 75.7 Å². The maximum atomic E-state index is 14.2. The number of carbonyl (C=O) groups is 1. The fourth-order valence-electron chi connectivity index (χ4n) is 6.35. The fourth-order valence-corrected chi connectivity index (χ4v) is 6.35. The van der Waals surface area contributed by atoms with Crippen LogP contribution in [0.2, 0.25) is 0 Å². The summed E-state index contributed by atoms with van der Waals surface area (Å²) in [4.78, 5) is 25.1. The number of pyridine rings is 1. The minimum absolute atomic E-state index is 0. The van der Waals surface area contributed by atoms with Crippen LogP contribution in [-0.2, 0) is 6.42 Å². The number of benzene rings is 1. The first kappa shape index (κ1) is 31.7. The molecule has 1 saturated heterocycles. The molecule has 1 unspecified atom stereocenters. The number of nitrogens with one attached hydrogen (secondary N) is 1. The third kappa shape index (κ3) is 6.25. The van der Waals surface area contributed by atoms with Gasteiger partial charge >= 0.3 is 0 Å². The number of halogens is 4. The SMILES string of the molecule is CC1NCCc2nccc(OC3CC4(C3)CN(c3ncnnc3Oc3ccc(F)cc3C(=O)N(CC(F)F)C(C)C)C4)c21.Cl. The maximum absolute atomic E-state index is 14.2. The number of anilines is 1. The molecular weight excluding hydrogens is 599 g/mol. The number of hydrogen-bond donors (Lipinski definition) is 1. The van der Waals surface area contributed by atoms with Crippen LogP contribution in [0.25, 0.3) is 0 Å². The molecule has 1 spiro atoms. The lowest BCUT2D eigenvalue weighted by atomic mass is 9.61. The number of amides is 1. The van der Waals surface area contributed by atoms with Gasteiger partial charge in [0.2, 0.25) is 0 Å². The monoisotopic (exact) mass is 633 g/mol. The molecule has 236 valence electrons. The van der Waals surface area contributed by atoms with Gasteiger partial charge in [0.05, 0.1) is 17.8 Å². The van der Waals surface area contributed by atoms with E-state index in [0.717, 1.165) is 59.8 Å². The summed E-state index contributed by atoms with van der Waals surface area (Å²) in [7, 11) is 0. The molecule has 1 saturated carbocycles. The summed E-state index contributed by atoms with van der Waals surface area (Å²) >= 11 is 0. The first-order valence-corrected chi connectivity index (χ1v) is 14.5. The van der Waals surface area contributed by atoms with Crippen LogP contribution < -0.4 is 19.7 Å². The predicted molar refractivity (Wildman–Crippen MR) is 158 cm³/mol. The van der Waals surface area contributed by atoms with Gasteiger partial charge in [-0.3, -0.25) is 9.78 Å². The molecule has 0 bridgehead atoms. The highest BCUT2D eigenvalue weighted by molar-refractivity contribution is 5.97. The zero-order valence-corrected chi connectivity index (χ0v) is 25.5. The first-order valence-electron chi connectivity index (χ1n) is 14.5. The topological polar surface area (TPSA) is 106 Å². The summed E-state index contributed by atoms with van der Waals surface area (Å²) in [6.07, 6.45) is 3.15. The van der Waals surface area contributed by atoms with Crippen LogP contribution in [0.1, 0.15) is 61.3 Å². The van der Waals surface area contributed by atoms with E-state index < -0.39 is 30.7 Å². The molecular formula is C30H35ClF3N7O3. The lowest BCUT2D eigenvalue weighted by Crippen LogP contribution is -2.65. The van der Waals surface area contributed by atoms with Crippen molar-refractivity contribution < 1.29 is 27.4 Å². The number of aromatic nitrogens is 4. The largest absolute Gasteiger partial charge is 0.490 e. The van der Waals surface area contributed by atoms with E-state index in [0.29, 0.717) is 18.9 Å². The number of carbonyl (C=O) groups excluding carboxylic acids is 1. The van der Waals surface area contributed by atoms with Crippen molar-refractivity contribution in [1.29, 1.82) is 0 Å². The second-order valence-electron chi connectivity index (χ2n) is 11.9. The van der Waals surface area contributed by atoms with Gasteiger partial charge in [-0.25, -0.2) is 18.2 Å². The average molecular weight is 634 g/mol. The maximum Gasteiger partial charge on any atom is 0.282 e. The second-order valence-corrected chi connectivity index (χ2v) is 11.9. The van der Waals surface area contributed by atoms with E-state index in [1.54, 1.807) is 13.8 Å². The molecule has 14 heteroatoms. The molecule has 1 N–H and O–H groups in total. The van der Waals surface area contributed by atoms with Crippen molar-refractivity contribution in [2.45, 2.75) is 64.6 Å². The van der Waals surface area contributed by atoms with E-state index in [1.807, 2.05) is 17.2 Å². The molecule has 10 nitrogen and oxygen atoms in total. The van der Waals surface area contributed by atoms with Crippen molar-refractivity contribution in [2.75, 3.05) is 31.1 Å². The van der Waals surface area contributed by atoms with Gasteiger partial charge in [-0.15, -0.1) is 22.6 Å². The fraction of sp³-hybridized carbons (Fsp3) is 0.500. The van der Waals surface area contributed by atoms with Crippen molar-refractivity contribution >= 4 is 24.1 Å². The lowest BCUT2D eigenvalue weighted by molar-refractivity contribution is -0.0351. The zero-order chi connectivity index (χ0) is 30.3. The van der Waals surface area contributed by atoms with E-state index in [4.69, 9.17) is 9.47 Å². The Labute approximate surface area is 259 Å². The standard InChI is InChI=1S/C30H34F3N7O3.ClH/c1-17(2)40(13-25(32)33)29(41)21-10-19(31)4-5-23(21)43-28-27(36-16-37-38-28)39-14-30(15-39)11-20(12-30)42-24-7-9-35-22-6-8-34-18(3)26(22)24;/h4-5,7,9-10,16-18,20,25,34H,6,8,11-15H2,1-3H3;1H. The van der Waals surface area contributed by atoms with Gasteiger partial charge in [0.25, 0.3) is 18.2 Å². The smallest absolute Gasteiger partial charge is 0.282 e. The van der Waals surface area contributed by atoms with Crippen LogP contribution in [0.5, 0.6) is 17.4 Å². The summed E-state index contributed by atoms with van der Waals surface area (Å²) in [5, 5.41) is 11.4. The zero-order valence-electron chi connectivity index (χ0n) is 24.7. The predicted octanol–water partition coefficient (Wildman–Crippen LogP) is 4.99. The third-order valence-electron chi connectivity index (χ3n) is 8.41. The van der Waals surface area contributed by atoms with Crippen molar-refractivity contribution in [3.8, 4) is 17.4 Å². The summed E-state index contributed by atoms with van der Waals surface area (Å²) < 4.78 is 53.0. The molecule has 44 heavy (non-hydrogen) atoms. The van der Waals surface area contributed by atoms with Crippen molar-refractivity contribution in [1.82, 2.24) is 30.4 Å². The van der Waals surface area contributed by atoms with E-state index in [1.165, 1.54) is 12.4 Å². The highest BCUT2D eigenvalue weighted by Crippen LogP contribution is 2.52. The first-order chi connectivity index (χ1) is 20.6. The molecule has 2 aromatic heterocycles. The Kier molecular flexibility index (Phi) is 9.17. The molecule has 1 amide bonds. The van der Waals surface area contributed by atoms with E-state index in [-0.39, 0.29) is 47.2 Å². The lowest BCUT2D eigenvalue weighted by Gasteiger charge is -2.58. The van der Waals surface area contributed by atoms with Crippen LogP contribution in [0.3, 0.4) is 0 Å². The van der Waals surface area contributed by atoms with Gasteiger partial charge in [0.1, 0.15) is 29.7 Å². The Morgan fingerprint density at radius 2 is 1.95 bits per heavy atom. The van der Waals surface area contributed by atoms with E-state index >= 15 is 0 Å². The highest BCUT2D eigenvalue weighted by atomic mass is 35.5. The van der Waals surface area contributed by atoms with Crippen LogP contribution in [0.4, 0.5) is 19.0 Å². The van der Waals surface area contributed by atoms with Gasteiger partial charge in [-0.2, -0.15) is 0 Å². The van der Waals surface area contributed by atoms with Crippen molar-refractivity contribution in [3.63, 3.8) is 0 Å². The Bertz CT molecular complexity index is 1500. The molecule has 2 aliphatic heterocycles. The number of fused-ring (bicyclic) bond motifs is 1. The Morgan fingerprint density at radius 3 is 2.68 bits per heavy atom. The van der Waals surface area contributed by atoms with E-state index in [9.17, 15) is 18.0 Å². The van der Waals surface area contributed by atoms with Crippen molar-refractivity contribution in [3.05, 3.63) is 59.4 Å². The van der Waals surface area contributed by atoms with Crippen LogP contribution >= 0.6 is 12.4 Å². The molecule has 4 heterocycles. The average Bonchev–Trinajstić information content (AvgIpc) is 2.93. The van der Waals surface area contributed by atoms with Crippen molar-refractivity contribution in [2.24, 2.45) is 5.41 Å². The van der Waals surface area contributed by atoms with Gasteiger partial charge < -0.3 is 24.6 Å². The second kappa shape index (κ2) is 12.7. The minimum Gasteiger partial charge on any atom is -0.490 e. The highest BCUT2D eigenvalue weighted by Gasteiger charge is 2.54. The van der Waals surface area contributed by atoms with Gasteiger partial charge in [0, 0.05) is 55.3 Å². The van der Waals surface area contributed by atoms with Gasteiger partial charge in [-0.1, -0.05) is 0 Å². The Morgan fingerprint density at radius 1 is 1.18 bits per heavy atom. The molecule has 6 rings (SSSR count). The summed E-state index contributed by atoms with van der Waals surface area (Å²) in [6, 6.07) is 4.99. The molecule has 3 aromatic rings. The molecule has 3 aliphatic rings. The van der Waals surface area contributed by atoms with Crippen LogP contribution in [0.15, 0.2) is 36.8 Å². The number of hydrogen-bond acceptors (Lipinski definition) is 9. The molecule has 1 aliphatic carbocycles. The molecule has 2 fully saturated rings. The third-order valence-corrected chi connectivity index (χ3v) is 8.41. The Hall–Kier alpha value is -3.71. The summed E-state index contributed by atoms with van der Waals surface area (Å²) in [5.74, 6) is -0.119. The molecule has 1 atom stereocenters. The number of ether oxygens (including phenoxy) is 2. The molecule has 0 radical (unpaired) electrons. The Balaban J connectivity index is 0.00000384. The minimum atomic E-state index is -2.74. The quantitative estimate of drug-likeness (QED) is 0.349. The molecule has 1 aromatic carbocycles. The normalized spacial score (nSPS) is 18.7.